The van der Waals surface area contributed by atoms with Crippen molar-refractivity contribution < 1.29 is 5.11 Å². The van der Waals surface area contributed by atoms with Crippen LogP contribution in [0.1, 0.15) is 25.8 Å². The first-order valence-electron chi connectivity index (χ1n) is 6.16. The number of aliphatic hydroxyl groups is 1. The van der Waals surface area contributed by atoms with E-state index in [4.69, 9.17) is 11.6 Å². The van der Waals surface area contributed by atoms with Crippen molar-refractivity contribution in [2.24, 2.45) is 5.41 Å². The smallest absolute Gasteiger partial charge is 0.0621 e. The van der Waals surface area contributed by atoms with Gasteiger partial charge in [0.1, 0.15) is 0 Å². The van der Waals surface area contributed by atoms with Gasteiger partial charge in [-0.15, -0.1) is 0 Å². The normalized spacial score (nSPS) is 26.6. The van der Waals surface area contributed by atoms with Crippen LogP contribution in [0.5, 0.6) is 0 Å². The fraction of sp³-hybridized carbons (Fsp3) is 0.571. The maximum atomic E-state index is 9.64. The quantitative estimate of drug-likeness (QED) is 0.865. The summed E-state index contributed by atoms with van der Waals surface area (Å²) in [7, 11) is 0. The molecular weight excluding hydrogens is 234 g/mol. The van der Waals surface area contributed by atoms with Gasteiger partial charge in [-0.25, -0.2) is 0 Å². The van der Waals surface area contributed by atoms with Gasteiger partial charge in [0.15, 0.2) is 0 Å². The van der Waals surface area contributed by atoms with Crippen LogP contribution >= 0.6 is 11.6 Å². The molecule has 0 bridgehead atoms. The highest BCUT2D eigenvalue weighted by molar-refractivity contribution is 6.30. The van der Waals surface area contributed by atoms with E-state index in [1.165, 1.54) is 5.56 Å². The molecule has 1 aromatic carbocycles. The van der Waals surface area contributed by atoms with Gasteiger partial charge in [-0.05, 0) is 37.1 Å². The zero-order chi connectivity index (χ0) is 12.5. The molecule has 1 aliphatic carbocycles. The number of benzene rings is 1. The summed E-state index contributed by atoms with van der Waals surface area (Å²) in [5, 5.41) is 13.9. The van der Waals surface area contributed by atoms with Crippen LogP contribution in [0.3, 0.4) is 0 Å². The number of nitrogens with one attached hydrogen (secondary N) is 1. The van der Waals surface area contributed by atoms with Gasteiger partial charge >= 0.3 is 0 Å². The first-order valence-corrected chi connectivity index (χ1v) is 6.54. The summed E-state index contributed by atoms with van der Waals surface area (Å²) in [5.74, 6) is 0. The molecule has 17 heavy (non-hydrogen) atoms. The van der Waals surface area contributed by atoms with E-state index in [0.717, 1.165) is 24.4 Å². The maximum absolute atomic E-state index is 9.64. The Hall–Kier alpha value is -0.570. The number of halogens is 1. The first-order chi connectivity index (χ1) is 8.00. The lowest BCUT2D eigenvalue weighted by molar-refractivity contribution is -0.0720. The molecule has 0 saturated heterocycles. The highest BCUT2D eigenvalue weighted by Crippen LogP contribution is 2.40. The van der Waals surface area contributed by atoms with Crippen molar-refractivity contribution in [3.63, 3.8) is 0 Å². The van der Waals surface area contributed by atoms with E-state index < -0.39 is 0 Å². The van der Waals surface area contributed by atoms with Crippen molar-refractivity contribution in [3.8, 4) is 0 Å². The van der Waals surface area contributed by atoms with Gasteiger partial charge in [-0.3, -0.25) is 0 Å². The Morgan fingerprint density at radius 2 is 2.00 bits per heavy atom. The molecule has 2 nitrogen and oxygen atoms in total. The fourth-order valence-electron chi connectivity index (χ4n) is 2.29. The van der Waals surface area contributed by atoms with Crippen molar-refractivity contribution in [1.82, 2.24) is 5.32 Å². The monoisotopic (exact) mass is 253 g/mol. The predicted octanol–water partition coefficient (Wildman–Crippen LogP) is 2.63. The van der Waals surface area contributed by atoms with Crippen LogP contribution < -0.4 is 5.32 Å². The minimum atomic E-state index is -0.157. The average molecular weight is 254 g/mol. The molecular formula is C14H20ClNO. The fourth-order valence-corrected chi connectivity index (χ4v) is 2.42. The van der Waals surface area contributed by atoms with Crippen molar-refractivity contribution >= 4 is 11.6 Å². The molecule has 1 fully saturated rings. The summed E-state index contributed by atoms with van der Waals surface area (Å²) in [6.45, 7) is 5.17. The van der Waals surface area contributed by atoms with Crippen molar-refractivity contribution in [1.29, 1.82) is 0 Å². The molecule has 0 aromatic heterocycles. The zero-order valence-electron chi connectivity index (χ0n) is 10.4. The molecule has 1 aromatic rings. The summed E-state index contributed by atoms with van der Waals surface area (Å²) in [4.78, 5) is 0. The van der Waals surface area contributed by atoms with Crippen LogP contribution in [0.2, 0.25) is 5.02 Å². The summed E-state index contributed by atoms with van der Waals surface area (Å²) in [5.41, 5.74) is 1.31. The molecule has 3 heteroatoms. The summed E-state index contributed by atoms with van der Waals surface area (Å²) in [6.07, 6.45) is 1.71. The van der Waals surface area contributed by atoms with Crippen LogP contribution in [-0.2, 0) is 6.42 Å². The van der Waals surface area contributed by atoms with E-state index in [0.29, 0.717) is 6.04 Å². The molecule has 0 spiro atoms. The maximum Gasteiger partial charge on any atom is 0.0621 e. The van der Waals surface area contributed by atoms with E-state index >= 15 is 0 Å². The van der Waals surface area contributed by atoms with E-state index in [2.05, 4.69) is 31.3 Å². The predicted molar refractivity (Wildman–Crippen MR) is 71.4 cm³/mol. The van der Waals surface area contributed by atoms with Crippen LogP contribution in [-0.4, -0.2) is 23.8 Å². The molecule has 0 amide bonds. The zero-order valence-corrected chi connectivity index (χ0v) is 11.2. The van der Waals surface area contributed by atoms with Gasteiger partial charge in [-0.2, -0.15) is 0 Å². The minimum Gasteiger partial charge on any atom is -0.392 e. The highest BCUT2D eigenvalue weighted by atomic mass is 35.5. The summed E-state index contributed by atoms with van der Waals surface area (Å²) >= 11 is 5.84. The van der Waals surface area contributed by atoms with E-state index in [-0.39, 0.29) is 11.5 Å². The molecule has 2 atom stereocenters. The number of aliphatic hydroxyl groups excluding tert-OH is 1. The SMILES string of the molecule is CC1(C)C(O)CC1NCCc1ccc(Cl)cc1. The van der Waals surface area contributed by atoms with Gasteiger partial charge in [0, 0.05) is 16.5 Å². The second-order valence-corrected chi connectivity index (χ2v) is 5.89. The third kappa shape index (κ3) is 2.82. The Labute approximate surface area is 108 Å². The first kappa shape index (κ1) is 12.9. The van der Waals surface area contributed by atoms with E-state index in [9.17, 15) is 5.11 Å². The van der Waals surface area contributed by atoms with Gasteiger partial charge in [0.05, 0.1) is 6.10 Å². The Balaban J connectivity index is 1.75. The lowest BCUT2D eigenvalue weighted by Crippen LogP contribution is -2.60. The van der Waals surface area contributed by atoms with Crippen LogP contribution in [0.25, 0.3) is 0 Å². The van der Waals surface area contributed by atoms with Crippen molar-refractivity contribution in [2.75, 3.05) is 6.54 Å². The van der Waals surface area contributed by atoms with Gasteiger partial charge < -0.3 is 10.4 Å². The molecule has 0 aliphatic heterocycles. The summed E-state index contributed by atoms with van der Waals surface area (Å²) < 4.78 is 0. The van der Waals surface area contributed by atoms with Gasteiger partial charge in [0.2, 0.25) is 0 Å². The average Bonchev–Trinajstić information content (AvgIpc) is 2.30. The molecule has 2 N–H and O–H groups in total. The Kier molecular flexibility index (Phi) is 3.76. The lowest BCUT2D eigenvalue weighted by atomic mass is 9.64. The lowest BCUT2D eigenvalue weighted by Gasteiger charge is -2.49. The molecule has 94 valence electrons. The van der Waals surface area contributed by atoms with Crippen LogP contribution in [0, 0.1) is 5.41 Å². The van der Waals surface area contributed by atoms with Gasteiger partial charge in [-0.1, -0.05) is 37.6 Å². The Morgan fingerprint density at radius 1 is 1.35 bits per heavy atom. The molecule has 2 unspecified atom stereocenters. The Morgan fingerprint density at radius 3 is 2.53 bits per heavy atom. The number of hydrogen-bond acceptors (Lipinski definition) is 2. The molecule has 2 rings (SSSR count). The summed E-state index contributed by atoms with van der Waals surface area (Å²) in [6, 6.07) is 8.40. The van der Waals surface area contributed by atoms with E-state index in [1.807, 2.05) is 12.1 Å². The third-order valence-electron chi connectivity index (χ3n) is 3.93. The molecule has 1 aliphatic rings. The highest BCUT2D eigenvalue weighted by Gasteiger charge is 2.46. The number of hydrogen-bond donors (Lipinski definition) is 2. The van der Waals surface area contributed by atoms with Gasteiger partial charge in [0.25, 0.3) is 0 Å². The topological polar surface area (TPSA) is 32.3 Å². The van der Waals surface area contributed by atoms with Crippen LogP contribution in [0.15, 0.2) is 24.3 Å². The Bertz CT molecular complexity index is 374. The van der Waals surface area contributed by atoms with Crippen molar-refractivity contribution in [3.05, 3.63) is 34.9 Å². The molecule has 0 radical (unpaired) electrons. The molecule has 1 saturated carbocycles. The van der Waals surface area contributed by atoms with Crippen molar-refractivity contribution in [2.45, 2.75) is 38.8 Å². The largest absolute Gasteiger partial charge is 0.392 e. The molecule has 0 heterocycles. The van der Waals surface area contributed by atoms with E-state index in [1.54, 1.807) is 0 Å². The minimum absolute atomic E-state index is 0.0139. The second kappa shape index (κ2) is 4.97. The number of rotatable bonds is 4. The van der Waals surface area contributed by atoms with Crippen LogP contribution in [0.4, 0.5) is 0 Å². The third-order valence-corrected chi connectivity index (χ3v) is 4.19. The standard InChI is InChI=1S/C14H20ClNO/c1-14(2)12(9-13(14)17)16-8-7-10-3-5-11(15)6-4-10/h3-6,12-13,16-17H,7-9H2,1-2H3. The second-order valence-electron chi connectivity index (χ2n) is 5.46.